The van der Waals surface area contributed by atoms with Crippen LogP contribution in [0.25, 0.3) is 11.4 Å². The largest absolute Gasteiger partial charge is 0.396 e. The number of hydrogen-bond acceptors (Lipinski definition) is 2. The van der Waals surface area contributed by atoms with Crippen LogP contribution in [-0.2, 0) is 13.0 Å². The van der Waals surface area contributed by atoms with Crippen molar-refractivity contribution < 1.29 is 5.11 Å². The van der Waals surface area contributed by atoms with E-state index in [2.05, 4.69) is 40.7 Å². The van der Waals surface area contributed by atoms with Gasteiger partial charge in [-0.2, -0.15) is 0 Å². The minimum absolute atomic E-state index is 0.269. The van der Waals surface area contributed by atoms with Crippen LogP contribution in [0.3, 0.4) is 0 Å². The van der Waals surface area contributed by atoms with E-state index in [0.29, 0.717) is 5.92 Å². The topological polar surface area (TPSA) is 38.0 Å². The third kappa shape index (κ3) is 1.85. The lowest BCUT2D eigenvalue weighted by Gasteiger charge is -2.24. The van der Waals surface area contributed by atoms with E-state index in [1.54, 1.807) is 0 Å². The second kappa shape index (κ2) is 4.58. The van der Waals surface area contributed by atoms with Crippen LogP contribution in [0.15, 0.2) is 30.5 Å². The number of aliphatic hydroxyl groups is 1. The molecular formula is C15H18N2O. The summed E-state index contributed by atoms with van der Waals surface area (Å²) in [7, 11) is 0. The first-order chi connectivity index (χ1) is 8.79. The van der Waals surface area contributed by atoms with E-state index >= 15 is 0 Å². The zero-order valence-electron chi connectivity index (χ0n) is 10.6. The summed E-state index contributed by atoms with van der Waals surface area (Å²) in [6, 6.07) is 8.34. The zero-order chi connectivity index (χ0) is 12.5. The Kier molecular flexibility index (Phi) is 2.92. The number of imidazole rings is 1. The molecule has 0 spiro atoms. The molecule has 1 atom stereocenters. The van der Waals surface area contributed by atoms with Crippen LogP contribution in [0.2, 0.25) is 0 Å². The van der Waals surface area contributed by atoms with Crippen LogP contribution >= 0.6 is 0 Å². The number of benzene rings is 1. The van der Waals surface area contributed by atoms with Gasteiger partial charge in [0.05, 0.1) is 0 Å². The Bertz CT molecular complexity index is 559. The van der Waals surface area contributed by atoms with E-state index in [0.717, 1.165) is 25.2 Å². The van der Waals surface area contributed by atoms with Crippen LogP contribution in [0.1, 0.15) is 17.7 Å². The van der Waals surface area contributed by atoms with Crippen molar-refractivity contribution in [1.29, 1.82) is 0 Å². The molecule has 3 rings (SSSR count). The molecule has 0 radical (unpaired) electrons. The molecule has 3 nitrogen and oxygen atoms in total. The molecule has 0 saturated carbocycles. The van der Waals surface area contributed by atoms with Gasteiger partial charge in [0.2, 0.25) is 0 Å². The van der Waals surface area contributed by atoms with Gasteiger partial charge in [0, 0.05) is 36.5 Å². The number of fused-ring (bicyclic) bond motifs is 1. The average molecular weight is 242 g/mol. The summed E-state index contributed by atoms with van der Waals surface area (Å²) >= 11 is 0. The monoisotopic (exact) mass is 242 g/mol. The summed E-state index contributed by atoms with van der Waals surface area (Å²) in [5, 5.41) is 9.34. The maximum atomic E-state index is 9.34. The van der Waals surface area contributed by atoms with Crippen LogP contribution in [0.4, 0.5) is 0 Å². The number of aryl methyl sites for hydroxylation is 2. The lowest BCUT2D eigenvalue weighted by molar-refractivity contribution is 0.192. The third-order valence-electron chi connectivity index (χ3n) is 3.83. The molecule has 0 aliphatic carbocycles. The molecule has 1 N–H and O–H groups in total. The fraction of sp³-hybridized carbons (Fsp3) is 0.400. The van der Waals surface area contributed by atoms with E-state index in [9.17, 15) is 5.11 Å². The normalized spacial score (nSPS) is 18.7. The van der Waals surface area contributed by atoms with Gasteiger partial charge in [0.15, 0.2) is 0 Å². The van der Waals surface area contributed by atoms with Gasteiger partial charge in [-0.3, -0.25) is 0 Å². The molecule has 0 amide bonds. The molecule has 18 heavy (non-hydrogen) atoms. The Morgan fingerprint density at radius 2 is 2.22 bits per heavy atom. The van der Waals surface area contributed by atoms with Crippen molar-refractivity contribution in [1.82, 2.24) is 9.55 Å². The summed E-state index contributed by atoms with van der Waals surface area (Å²) in [5.74, 6) is 1.41. The Labute approximate surface area is 107 Å². The maximum Gasteiger partial charge on any atom is 0.140 e. The van der Waals surface area contributed by atoms with Gasteiger partial charge >= 0.3 is 0 Å². The van der Waals surface area contributed by atoms with Crippen molar-refractivity contribution in [3.63, 3.8) is 0 Å². The molecule has 2 aromatic rings. The van der Waals surface area contributed by atoms with Crippen molar-refractivity contribution in [2.75, 3.05) is 6.61 Å². The highest BCUT2D eigenvalue weighted by Gasteiger charge is 2.21. The molecule has 1 unspecified atom stereocenters. The highest BCUT2D eigenvalue weighted by Crippen LogP contribution is 2.28. The van der Waals surface area contributed by atoms with E-state index in [4.69, 9.17) is 0 Å². The molecule has 3 heteroatoms. The van der Waals surface area contributed by atoms with Gasteiger partial charge in [-0.25, -0.2) is 4.98 Å². The average Bonchev–Trinajstić information content (AvgIpc) is 2.82. The number of rotatable bonds is 2. The fourth-order valence-electron chi connectivity index (χ4n) is 2.70. The predicted molar refractivity (Wildman–Crippen MR) is 71.3 cm³/mol. The zero-order valence-corrected chi connectivity index (χ0v) is 10.6. The SMILES string of the molecule is Cc1ccccc1-c1ncc2n1CC(CO)CC2. The molecule has 0 saturated heterocycles. The van der Waals surface area contributed by atoms with Gasteiger partial charge in [-0.05, 0) is 25.3 Å². The molecule has 1 aromatic heterocycles. The van der Waals surface area contributed by atoms with Crippen LogP contribution in [-0.4, -0.2) is 21.3 Å². The summed E-state index contributed by atoms with van der Waals surface area (Å²) < 4.78 is 2.27. The second-order valence-corrected chi connectivity index (χ2v) is 5.09. The van der Waals surface area contributed by atoms with Crippen LogP contribution in [0, 0.1) is 12.8 Å². The molecular weight excluding hydrogens is 224 g/mol. The van der Waals surface area contributed by atoms with Crippen molar-refractivity contribution in [2.45, 2.75) is 26.3 Å². The van der Waals surface area contributed by atoms with E-state index in [1.807, 2.05) is 6.20 Å². The van der Waals surface area contributed by atoms with Crippen molar-refractivity contribution in [2.24, 2.45) is 5.92 Å². The fourth-order valence-corrected chi connectivity index (χ4v) is 2.70. The summed E-state index contributed by atoms with van der Waals surface area (Å²) in [6.07, 6.45) is 4.06. The highest BCUT2D eigenvalue weighted by atomic mass is 16.3. The molecule has 1 aliphatic heterocycles. The van der Waals surface area contributed by atoms with Gasteiger partial charge in [-0.1, -0.05) is 24.3 Å². The van der Waals surface area contributed by atoms with Crippen LogP contribution < -0.4 is 0 Å². The highest BCUT2D eigenvalue weighted by molar-refractivity contribution is 5.60. The summed E-state index contributed by atoms with van der Waals surface area (Å²) in [5.41, 5.74) is 3.73. The summed E-state index contributed by atoms with van der Waals surface area (Å²) in [6.45, 7) is 3.27. The Balaban J connectivity index is 2.05. The molecule has 0 bridgehead atoms. The molecule has 2 heterocycles. The van der Waals surface area contributed by atoms with E-state index in [-0.39, 0.29) is 6.61 Å². The predicted octanol–water partition coefficient (Wildman–Crippen LogP) is 2.41. The quantitative estimate of drug-likeness (QED) is 0.878. The third-order valence-corrected chi connectivity index (χ3v) is 3.83. The lowest BCUT2D eigenvalue weighted by Crippen LogP contribution is -2.23. The number of nitrogens with zero attached hydrogens (tertiary/aromatic N) is 2. The van der Waals surface area contributed by atoms with E-state index in [1.165, 1.54) is 16.8 Å². The van der Waals surface area contributed by atoms with Gasteiger partial charge in [-0.15, -0.1) is 0 Å². The Hall–Kier alpha value is -1.61. The standard InChI is InChI=1S/C15H18N2O/c1-11-4-2-3-5-14(11)15-16-8-13-7-6-12(10-18)9-17(13)15/h2-5,8,12,18H,6-7,9-10H2,1H3. The minimum atomic E-state index is 0.269. The van der Waals surface area contributed by atoms with Crippen LogP contribution in [0.5, 0.6) is 0 Å². The number of aromatic nitrogens is 2. The van der Waals surface area contributed by atoms with E-state index < -0.39 is 0 Å². The molecule has 1 aliphatic rings. The Morgan fingerprint density at radius 3 is 3.00 bits per heavy atom. The Morgan fingerprint density at radius 1 is 1.39 bits per heavy atom. The first-order valence-electron chi connectivity index (χ1n) is 6.51. The van der Waals surface area contributed by atoms with Gasteiger partial charge in [0.1, 0.15) is 5.82 Å². The van der Waals surface area contributed by atoms with Crippen molar-refractivity contribution in [3.8, 4) is 11.4 Å². The molecule has 0 fully saturated rings. The van der Waals surface area contributed by atoms with Gasteiger partial charge in [0.25, 0.3) is 0 Å². The number of aliphatic hydroxyl groups excluding tert-OH is 1. The first kappa shape index (κ1) is 11.5. The molecule has 1 aromatic carbocycles. The first-order valence-corrected chi connectivity index (χ1v) is 6.51. The maximum absolute atomic E-state index is 9.34. The minimum Gasteiger partial charge on any atom is -0.396 e. The van der Waals surface area contributed by atoms with Crippen molar-refractivity contribution in [3.05, 3.63) is 41.7 Å². The second-order valence-electron chi connectivity index (χ2n) is 5.09. The summed E-state index contributed by atoms with van der Waals surface area (Å²) in [4.78, 5) is 4.58. The van der Waals surface area contributed by atoms with Crippen molar-refractivity contribution >= 4 is 0 Å². The smallest absolute Gasteiger partial charge is 0.140 e. The lowest BCUT2D eigenvalue weighted by atomic mass is 9.98. The van der Waals surface area contributed by atoms with Gasteiger partial charge < -0.3 is 9.67 Å². The molecule has 94 valence electrons. The number of hydrogen-bond donors (Lipinski definition) is 1.